The van der Waals surface area contributed by atoms with Gasteiger partial charge in [-0.15, -0.1) is 0 Å². The molecule has 2 aromatic rings. The van der Waals surface area contributed by atoms with E-state index in [-0.39, 0.29) is 11.9 Å². The van der Waals surface area contributed by atoms with Crippen molar-refractivity contribution in [3.8, 4) is 5.75 Å². The molecule has 1 atom stereocenters. The number of hydrogen-bond acceptors (Lipinski definition) is 5. The van der Waals surface area contributed by atoms with E-state index >= 15 is 0 Å². The zero-order valence-corrected chi connectivity index (χ0v) is 15.1. The van der Waals surface area contributed by atoms with E-state index in [1.54, 1.807) is 7.11 Å². The van der Waals surface area contributed by atoms with Gasteiger partial charge in [-0.3, -0.25) is 9.69 Å². The van der Waals surface area contributed by atoms with Gasteiger partial charge in [0.05, 0.1) is 19.2 Å². The van der Waals surface area contributed by atoms with Gasteiger partial charge in [0, 0.05) is 43.9 Å². The summed E-state index contributed by atoms with van der Waals surface area (Å²) >= 11 is 0. The minimum Gasteiger partial charge on any atom is -0.496 e. The van der Waals surface area contributed by atoms with Gasteiger partial charge in [-0.05, 0) is 19.9 Å². The number of carbonyl (C=O) groups is 1. The van der Waals surface area contributed by atoms with Gasteiger partial charge in [0.25, 0.3) is 0 Å². The van der Waals surface area contributed by atoms with Gasteiger partial charge in [-0.2, -0.15) is 0 Å². The molecule has 1 saturated heterocycles. The van der Waals surface area contributed by atoms with Crippen molar-refractivity contribution in [1.29, 1.82) is 0 Å². The first-order valence-electron chi connectivity index (χ1n) is 8.65. The van der Waals surface area contributed by atoms with Crippen LogP contribution >= 0.6 is 0 Å². The molecular weight excluding hydrogens is 318 g/mol. The fraction of sp³-hybridized carbons (Fsp3) is 0.474. The number of hydrogen-bond donors (Lipinski definition) is 0. The van der Waals surface area contributed by atoms with E-state index in [2.05, 4.69) is 23.0 Å². The average Bonchev–Trinajstić information content (AvgIpc) is 3.06. The minimum atomic E-state index is 0.109. The van der Waals surface area contributed by atoms with Gasteiger partial charge in [0.15, 0.2) is 0 Å². The van der Waals surface area contributed by atoms with Crippen LogP contribution in [0.3, 0.4) is 0 Å². The van der Waals surface area contributed by atoms with Crippen LogP contribution in [-0.2, 0) is 11.2 Å². The Morgan fingerprint density at radius 2 is 2.00 bits per heavy atom. The van der Waals surface area contributed by atoms with Gasteiger partial charge < -0.3 is 14.2 Å². The fourth-order valence-electron chi connectivity index (χ4n) is 3.33. The van der Waals surface area contributed by atoms with E-state index in [0.717, 1.165) is 37.7 Å². The lowest BCUT2D eigenvalue weighted by Gasteiger charge is -2.38. The maximum absolute atomic E-state index is 12.4. The van der Waals surface area contributed by atoms with Gasteiger partial charge in [0.2, 0.25) is 5.91 Å². The summed E-state index contributed by atoms with van der Waals surface area (Å²) in [5.74, 6) is 1.76. The van der Waals surface area contributed by atoms with Crippen molar-refractivity contribution in [2.45, 2.75) is 26.3 Å². The molecule has 6 heteroatoms. The van der Waals surface area contributed by atoms with Crippen LogP contribution in [0.15, 0.2) is 34.9 Å². The topological polar surface area (TPSA) is 58.8 Å². The van der Waals surface area contributed by atoms with Crippen LogP contribution < -0.4 is 4.74 Å². The van der Waals surface area contributed by atoms with Gasteiger partial charge in [0.1, 0.15) is 11.5 Å². The molecule has 2 heterocycles. The van der Waals surface area contributed by atoms with Crippen molar-refractivity contribution >= 4 is 5.91 Å². The Morgan fingerprint density at radius 3 is 2.64 bits per heavy atom. The molecule has 0 aliphatic carbocycles. The second-order valence-electron chi connectivity index (χ2n) is 6.44. The summed E-state index contributed by atoms with van der Waals surface area (Å²) in [6.07, 6.45) is 0.305. The number of aryl methyl sites for hydroxylation is 1. The molecule has 25 heavy (non-hydrogen) atoms. The highest BCUT2D eigenvalue weighted by molar-refractivity contribution is 5.78. The van der Waals surface area contributed by atoms with Crippen molar-refractivity contribution in [3.63, 3.8) is 0 Å². The number of piperazine rings is 1. The number of methoxy groups -OCH3 is 1. The van der Waals surface area contributed by atoms with E-state index < -0.39 is 0 Å². The molecule has 1 aromatic heterocycles. The molecule has 0 unspecified atom stereocenters. The standard InChI is InChI=1S/C19H25N3O3/c1-14-12-16(20-25-14)13-19(23)22-10-8-21(9-11-22)15(2)17-6-4-5-7-18(17)24-3/h4-7,12,15H,8-11,13H2,1-3H3/t15-/m1/s1. The molecule has 0 bridgehead atoms. The summed E-state index contributed by atoms with van der Waals surface area (Å²) in [7, 11) is 1.70. The van der Waals surface area contributed by atoms with Crippen LogP contribution in [0.2, 0.25) is 0 Å². The van der Waals surface area contributed by atoms with Crippen LogP contribution in [0.4, 0.5) is 0 Å². The second kappa shape index (κ2) is 7.70. The highest BCUT2D eigenvalue weighted by Crippen LogP contribution is 2.29. The van der Waals surface area contributed by atoms with Gasteiger partial charge in [-0.1, -0.05) is 23.4 Å². The molecule has 0 spiro atoms. The Balaban J connectivity index is 1.57. The molecule has 1 fully saturated rings. The highest BCUT2D eigenvalue weighted by atomic mass is 16.5. The third-order valence-electron chi connectivity index (χ3n) is 4.81. The van der Waals surface area contributed by atoms with Crippen molar-refractivity contribution < 1.29 is 14.1 Å². The predicted molar refractivity (Wildman–Crippen MR) is 94.5 cm³/mol. The first-order valence-corrected chi connectivity index (χ1v) is 8.65. The molecule has 6 nitrogen and oxygen atoms in total. The second-order valence-corrected chi connectivity index (χ2v) is 6.44. The lowest BCUT2D eigenvalue weighted by Crippen LogP contribution is -2.49. The lowest BCUT2D eigenvalue weighted by atomic mass is 10.0. The monoisotopic (exact) mass is 343 g/mol. The molecule has 1 aliphatic rings. The average molecular weight is 343 g/mol. The summed E-state index contributed by atoms with van der Waals surface area (Å²) in [6.45, 7) is 7.18. The van der Waals surface area contributed by atoms with Crippen LogP contribution in [0, 0.1) is 6.92 Å². The predicted octanol–water partition coefficient (Wildman–Crippen LogP) is 2.44. The molecular formula is C19H25N3O3. The van der Waals surface area contributed by atoms with Gasteiger partial charge in [-0.25, -0.2) is 0 Å². The summed E-state index contributed by atoms with van der Waals surface area (Å²) in [6, 6.07) is 10.2. The third-order valence-corrected chi connectivity index (χ3v) is 4.81. The Bertz CT molecular complexity index is 720. The van der Waals surface area contributed by atoms with Crippen molar-refractivity contribution in [2.24, 2.45) is 0 Å². The normalized spacial score (nSPS) is 16.7. The highest BCUT2D eigenvalue weighted by Gasteiger charge is 2.26. The first kappa shape index (κ1) is 17.5. The van der Waals surface area contributed by atoms with Crippen LogP contribution in [0.1, 0.15) is 30.0 Å². The number of nitrogens with zero attached hydrogens (tertiary/aromatic N) is 3. The fourth-order valence-corrected chi connectivity index (χ4v) is 3.33. The molecule has 1 aliphatic heterocycles. The SMILES string of the molecule is COc1ccccc1[C@@H](C)N1CCN(C(=O)Cc2cc(C)on2)CC1. The van der Waals surface area contributed by atoms with Crippen molar-refractivity contribution in [1.82, 2.24) is 15.0 Å². The summed E-state index contributed by atoms with van der Waals surface area (Å²) in [5.41, 5.74) is 1.88. The molecule has 0 N–H and O–H groups in total. The molecule has 0 radical (unpaired) electrons. The van der Waals surface area contributed by atoms with E-state index in [9.17, 15) is 4.79 Å². The Hall–Kier alpha value is -2.34. The van der Waals surface area contributed by atoms with E-state index in [4.69, 9.17) is 9.26 Å². The maximum Gasteiger partial charge on any atom is 0.228 e. The number of ether oxygens (including phenoxy) is 1. The maximum atomic E-state index is 12.4. The lowest BCUT2D eigenvalue weighted by molar-refractivity contribution is -0.132. The smallest absolute Gasteiger partial charge is 0.228 e. The van der Waals surface area contributed by atoms with Crippen molar-refractivity contribution in [3.05, 3.63) is 47.3 Å². The van der Waals surface area contributed by atoms with E-state index in [1.807, 2.05) is 36.1 Å². The number of benzene rings is 1. The third kappa shape index (κ3) is 4.02. The molecule has 1 amide bonds. The number of carbonyl (C=O) groups excluding carboxylic acids is 1. The zero-order valence-electron chi connectivity index (χ0n) is 15.1. The number of rotatable bonds is 5. The number of aromatic nitrogens is 1. The van der Waals surface area contributed by atoms with Gasteiger partial charge >= 0.3 is 0 Å². The quantitative estimate of drug-likeness (QED) is 0.834. The first-order chi connectivity index (χ1) is 12.1. The summed E-state index contributed by atoms with van der Waals surface area (Å²) < 4.78 is 10.5. The largest absolute Gasteiger partial charge is 0.496 e. The van der Waals surface area contributed by atoms with Crippen LogP contribution in [-0.4, -0.2) is 54.2 Å². The molecule has 1 aromatic carbocycles. The minimum absolute atomic E-state index is 0.109. The van der Waals surface area contributed by atoms with Crippen molar-refractivity contribution in [2.75, 3.05) is 33.3 Å². The molecule has 134 valence electrons. The van der Waals surface area contributed by atoms with Crippen LogP contribution in [0.5, 0.6) is 5.75 Å². The van der Waals surface area contributed by atoms with E-state index in [0.29, 0.717) is 12.1 Å². The zero-order chi connectivity index (χ0) is 17.8. The molecule has 0 saturated carbocycles. The summed E-state index contributed by atoms with van der Waals surface area (Å²) in [4.78, 5) is 16.7. The number of para-hydroxylation sites is 1. The number of amides is 1. The van der Waals surface area contributed by atoms with Crippen LogP contribution in [0.25, 0.3) is 0 Å². The Labute approximate surface area is 148 Å². The Morgan fingerprint density at radius 1 is 1.28 bits per heavy atom. The summed E-state index contributed by atoms with van der Waals surface area (Å²) in [5, 5.41) is 3.91. The van der Waals surface area contributed by atoms with E-state index in [1.165, 1.54) is 5.56 Å². The Kier molecular flexibility index (Phi) is 5.38. The molecule has 3 rings (SSSR count).